The van der Waals surface area contributed by atoms with E-state index in [1.165, 1.54) is 17.4 Å². The van der Waals surface area contributed by atoms with Gasteiger partial charge in [0, 0.05) is 11.8 Å². The zero-order valence-electron chi connectivity index (χ0n) is 10.2. The Balaban J connectivity index is 2.76. The Bertz CT molecular complexity index is 607. The number of rotatable bonds is 3. The van der Waals surface area contributed by atoms with E-state index in [0.29, 0.717) is 12.0 Å². The van der Waals surface area contributed by atoms with Crippen LogP contribution in [0.2, 0.25) is 0 Å². The highest BCUT2D eigenvalue weighted by molar-refractivity contribution is 7.15. The van der Waals surface area contributed by atoms with E-state index in [4.69, 9.17) is 5.73 Å². The molecule has 2 rings (SSSR count). The summed E-state index contributed by atoms with van der Waals surface area (Å²) >= 11 is 1.43. The van der Waals surface area contributed by atoms with Crippen LogP contribution in [0, 0.1) is 12.7 Å². The number of amides is 1. The van der Waals surface area contributed by atoms with Gasteiger partial charge in [0.25, 0.3) is 5.91 Å². The van der Waals surface area contributed by atoms with Gasteiger partial charge in [-0.1, -0.05) is 13.0 Å². The number of nitrogens with zero attached hydrogens (tertiary/aromatic N) is 1. The highest BCUT2D eigenvalue weighted by atomic mass is 32.1. The number of hydrogen-bond donors (Lipinski definition) is 1. The second kappa shape index (κ2) is 4.86. The van der Waals surface area contributed by atoms with Gasteiger partial charge in [0.05, 0.1) is 15.4 Å². The summed E-state index contributed by atoms with van der Waals surface area (Å²) in [4.78, 5) is 16.4. The number of carbonyl (C=O) groups excluding carboxylic acids is 1. The monoisotopic (exact) mass is 264 g/mol. The first kappa shape index (κ1) is 12.7. The number of thiazole rings is 1. The molecule has 0 unspecified atom stereocenters. The summed E-state index contributed by atoms with van der Waals surface area (Å²) in [5.41, 5.74) is 6.72. The number of aryl methyl sites for hydroxylation is 2. The van der Waals surface area contributed by atoms with Crippen LogP contribution in [-0.2, 0) is 6.42 Å². The third-order valence-corrected chi connectivity index (χ3v) is 3.67. The molecule has 0 aliphatic heterocycles. The van der Waals surface area contributed by atoms with Crippen molar-refractivity contribution in [2.24, 2.45) is 5.73 Å². The zero-order chi connectivity index (χ0) is 13.3. The molecular formula is C13H13FN2OS. The van der Waals surface area contributed by atoms with Crippen LogP contribution in [0.1, 0.15) is 27.9 Å². The molecule has 0 spiro atoms. The van der Waals surface area contributed by atoms with E-state index >= 15 is 0 Å². The van der Waals surface area contributed by atoms with Gasteiger partial charge in [-0.15, -0.1) is 11.3 Å². The van der Waals surface area contributed by atoms with Crippen molar-refractivity contribution in [1.29, 1.82) is 0 Å². The first-order valence-electron chi connectivity index (χ1n) is 5.58. The first-order valence-corrected chi connectivity index (χ1v) is 6.40. The maximum Gasteiger partial charge on any atom is 0.252 e. The summed E-state index contributed by atoms with van der Waals surface area (Å²) in [6.45, 7) is 3.82. The minimum Gasteiger partial charge on any atom is -0.365 e. The van der Waals surface area contributed by atoms with E-state index in [1.807, 2.05) is 13.8 Å². The summed E-state index contributed by atoms with van der Waals surface area (Å²) < 4.78 is 13.8. The molecule has 1 aromatic carbocycles. The van der Waals surface area contributed by atoms with Crippen molar-refractivity contribution in [1.82, 2.24) is 4.98 Å². The van der Waals surface area contributed by atoms with E-state index < -0.39 is 11.7 Å². The molecule has 2 aromatic rings. The topological polar surface area (TPSA) is 56.0 Å². The Morgan fingerprint density at radius 3 is 2.72 bits per heavy atom. The maximum atomic E-state index is 13.8. The van der Waals surface area contributed by atoms with E-state index in [0.717, 1.165) is 15.4 Å². The van der Waals surface area contributed by atoms with Gasteiger partial charge in [0.1, 0.15) is 5.82 Å². The van der Waals surface area contributed by atoms with Crippen molar-refractivity contribution in [2.45, 2.75) is 20.3 Å². The summed E-state index contributed by atoms with van der Waals surface area (Å²) in [7, 11) is 0. The molecular weight excluding hydrogens is 251 g/mol. The van der Waals surface area contributed by atoms with Gasteiger partial charge in [-0.05, 0) is 25.0 Å². The van der Waals surface area contributed by atoms with Crippen LogP contribution in [0.15, 0.2) is 18.3 Å². The predicted molar refractivity (Wildman–Crippen MR) is 70.1 cm³/mol. The third-order valence-electron chi connectivity index (χ3n) is 2.74. The lowest BCUT2D eigenvalue weighted by Gasteiger charge is -2.11. The van der Waals surface area contributed by atoms with Crippen molar-refractivity contribution >= 4 is 17.2 Å². The number of halogens is 1. The van der Waals surface area contributed by atoms with Gasteiger partial charge >= 0.3 is 0 Å². The number of primary amides is 1. The summed E-state index contributed by atoms with van der Waals surface area (Å²) in [5.74, 6) is -1.33. The number of carbonyl (C=O) groups is 1. The zero-order valence-corrected chi connectivity index (χ0v) is 11.0. The van der Waals surface area contributed by atoms with Crippen LogP contribution in [-0.4, -0.2) is 10.9 Å². The highest BCUT2D eigenvalue weighted by Gasteiger charge is 2.20. The molecule has 5 heteroatoms. The Morgan fingerprint density at radius 1 is 1.50 bits per heavy atom. The SMILES string of the molecule is CCc1ccc(F)c(C(N)=O)c1-c1cnc(C)s1. The van der Waals surface area contributed by atoms with Crippen molar-refractivity contribution in [3.8, 4) is 10.4 Å². The maximum absolute atomic E-state index is 13.8. The lowest BCUT2D eigenvalue weighted by atomic mass is 9.97. The van der Waals surface area contributed by atoms with E-state index in [2.05, 4.69) is 4.98 Å². The smallest absolute Gasteiger partial charge is 0.252 e. The number of benzene rings is 1. The van der Waals surface area contributed by atoms with Gasteiger partial charge in [-0.25, -0.2) is 9.37 Å². The largest absolute Gasteiger partial charge is 0.365 e. The fourth-order valence-corrected chi connectivity index (χ4v) is 2.78. The molecule has 0 saturated heterocycles. The van der Waals surface area contributed by atoms with E-state index in [-0.39, 0.29) is 5.56 Å². The minimum absolute atomic E-state index is 0.0435. The van der Waals surface area contributed by atoms with Gasteiger partial charge in [-0.3, -0.25) is 4.79 Å². The minimum atomic E-state index is -0.746. The second-order valence-electron chi connectivity index (χ2n) is 3.92. The second-order valence-corrected chi connectivity index (χ2v) is 5.15. The lowest BCUT2D eigenvalue weighted by molar-refractivity contribution is 0.0997. The molecule has 94 valence electrons. The Labute approximate surface area is 108 Å². The van der Waals surface area contributed by atoms with Gasteiger partial charge in [0.2, 0.25) is 0 Å². The van der Waals surface area contributed by atoms with Crippen LogP contribution in [0.25, 0.3) is 10.4 Å². The van der Waals surface area contributed by atoms with Crippen molar-refractivity contribution in [2.75, 3.05) is 0 Å². The molecule has 0 aliphatic carbocycles. The summed E-state index contributed by atoms with van der Waals surface area (Å²) in [6.07, 6.45) is 2.35. The lowest BCUT2D eigenvalue weighted by Crippen LogP contribution is -2.15. The van der Waals surface area contributed by atoms with Gasteiger partial charge < -0.3 is 5.73 Å². The molecule has 0 bridgehead atoms. The fourth-order valence-electron chi connectivity index (χ4n) is 1.91. The van der Waals surface area contributed by atoms with Crippen LogP contribution < -0.4 is 5.73 Å². The average Bonchev–Trinajstić information content (AvgIpc) is 2.74. The molecule has 1 heterocycles. The Kier molecular flexibility index (Phi) is 3.43. The predicted octanol–water partition coefficient (Wildman–Crippen LogP) is 2.92. The van der Waals surface area contributed by atoms with Crippen molar-refractivity contribution < 1.29 is 9.18 Å². The Morgan fingerprint density at radius 2 is 2.22 bits per heavy atom. The highest BCUT2D eigenvalue weighted by Crippen LogP contribution is 2.33. The van der Waals surface area contributed by atoms with E-state index in [1.54, 1.807) is 12.3 Å². The quantitative estimate of drug-likeness (QED) is 0.926. The molecule has 1 amide bonds. The average molecular weight is 264 g/mol. The van der Waals surface area contributed by atoms with Crippen molar-refractivity contribution in [3.63, 3.8) is 0 Å². The first-order chi connectivity index (χ1) is 8.54. The molecule has 0 radical (unpaired) electrons. The van der Waals surface area contributed by atoms with Crippen molar-refractivity contribution in [3.05, 3.63) is 40.3 Å². The molecule has 0 saturated carbocycles. The Hall–Kier alpha value is -1.75. The number of nitrogens with two attached hydrogens (primary N) is 1. The van der Waals surface area contributed by atoms with Gasteiger partial charge in [0.15, 0.2) is 0 Å². The van der Waals surface area contributed by atoms with Crippen LogP contribution >= 0.6 is 11.3 Å². The third kappa shape index (κ3) is 2.13. The molecule has 0 aliphatic rings. The molecule has 18 heavy (non-hydrogen) atoms. The molecule has 2 N–H and O–H groups in total. The van der Waals surface area contributed by atoms with Crippen LogP contribution in [0.3, 0.4) is 0 Å². The summed E-state index contributed by atoms with van der Waals surface area (Å²) in [5, 5.41) is 0.867. The van der Waals surface area contributed by atoms with Crippen LogP contribution in [0.4, 0.5) is 4.39 Å². The molecule has 3 nitrogen and oxygen atoms in total. The van der Waals surface area contributed by atoms with E-state index in [9.17, 15) is 9.18 Å². The molecule has 0 atom stereocenters. The molecule has 1 aromatic heterocycles. The molecule has 0 fully saturated rings. The standard InChI is InChI=1S/C13H13FN2OS/c1-3-8-4-5-9(14)12(13(15)17)11(8)10-6-16-7(2)18-10/h4-6H,3H2,1-2H3,(H2,15,17). The summed E-state index contributed by atoms with van der Waals surface area (Å²) in [6, 6.07) is 2.97. The van der Waals surface area contributed by atoms with Gasteiger partial charge in [-0.2, -0.15) is 0 Å². The number of hydrogen-bond acceptors (Lipinski definition) is 3. The van der Waals surface area contributed by atoms with Crippen LogP contribution in [0.5, 0.6) is 0 Å². The number of aromatic nitrogens is 1. The normalized spacial score (nSPS) is 10.6. The fraction of sp³-hybridized carbons (Fsp3) is 0.231.